The zero-order valence-corrected chi connectivity index (χ0v) is 19.4. The molecular weight excluding hydrogens is 422 g/mol. The molecule has 1 fully saturated rings. The van der Waals surface area contributed by atoms with Crippen molar-refractivity contribution in [2.45, 2.75) is 25.4 Å². The zero-order valence-electron chi connectivity index (χ0n) is 18.6. The van der Waals surface area contributed by atoms with Crippen LogP contribution in [0.4, 0.5) is 5.95 Å². The molecule has 0 atom stereocenters. The summed E-state index contributed by atoms with van der Waals surface area (Å²) in [6.45, 7) is 7.68. The number of aryl methyl sites for hydroxylation is 2. The highest BCUT2D eigenvalue weighted by molar-refractivity contribution is 7.99. The smallest absolute Gasteiger partial charge is 0.232 e. The van der Waals surface area contributed by atoms with Crippen molar-refractivity contribution < 1.29 is 9.53 Å². The molecule has 1 saturated heterocycles. The molecule has 1 N–H and O–H groups in total. The second-order valence-corrected chi connectivity index (χ2v) is 8.76. The number of rotatable bonds is 8. The van der Waals surface area contributed by atoms with Crippen LogP contribution in [0.5, 0.6) is 0 Å². The van der Waals surface area contributed by atoms with Crippen LogP contribution < -0.4 is 10.2 Å². The number of hydrogen-bond acceptors (Lipinski definition) is 6. The van der Waals surface area contributed by atoms with Gasteiger partial charge in [0.1, 0.15) is 0 Å². The van der Waals surface area contributed by atoms with E-state index in [1.165, 1.54) is 22.9 Å². The molecule has 1 aliphatic heterocycles. The topological polar surface area (TPSA) is 72.3 Å². The summed E-state index contributed by atoms with van der Waals surface area (Å²) < 4.78 is 7.56. The Morgan fingerprint density at radius 1 is 1.03 bits per heavy atom. The molecule has 8 heteroatoms. The zero-order chi connectivity index (χ0) is 22.3. The lowest BCUT2D eigenvalue weighted by atomic mass is 10.1. The van der Waals surface area contributed by atoms with Crippen molar-refractivity contribution in [1.29, 1.82) is 0 Å². The third-order valence-electron chi connectivity index (χ3n) is 5.58. The number of thioether (sulfide) groups is 1. The highest BCUT2D eigenvalue weighted by atomic mass is 32.2. The number of ether oxygens (including phenoxy) is 1. The van der Waals surface area contributed by atoms with Crippen LogP contribution in [0.1, 0.15) is 16.7 Å². The second kappa shape index (κ2) is 10.7. The fraction of sp³-hybridized carbons (Fsp3) is 0.375. The Morgan fingerprint density at radius 3 is 2.50 bits per heavy atom. The Balaban J connectivity index is 1.44. The number of aromatic nitrogens is 3. The second-order valence-electron chi connectivity index (χ2n) is 7.82. The number of morpholine rings is 1. The van der Waals surface area contributed by atoms with E-state index >= 15 is 0 Å². The molecular formula is C24H29N5O2S. The average molecular weight is 452 g/mol. The van der Waals surface area contributed by atoms with Crippen molar-refractivity contribution >= 4 is 23.6 Å². The van der Waals surface area contributed by atoms with Gasteiger partial charge in [0.25, 0.3) is 0 Å². The van der Waals surface area contributed by atoms with E-state index in [0.717, 1.165) is 41.9 Å². The lowest BCUT2D eigenvalue weighted by Crippen LogP contribution is -2.38. The third-order valence-corrected chi connectivity index (χ3v) is 6.51. The Bertz CT molecular complexity index is 1060. The van der Waals surface area contributed by atoms with Gasteiger partial charge in [-0.25, -0.2) is 0 Å². The van der Waals surface area contributed by atoms with Crippen LogP contribution in [-0.4, -0.2) is 59.3 Å². The predicted molar refractivity (Wildman–Crippen MR) is 128 cm³/mol. The molecule has 3 aromatic rings. The van der Waals surface area contributed by atoms with Crippen LogP contribution in [-0.2, 0) is 16.0 Å². The van der Waals surface area contributed by atoms with E-state index in [4.69, 9.17) is 4.74 Å². The third kappa shape index (κ3) is 5.31. The minimum absolute atomic E-state index is 0.00385. The van der Waals surface area contributed by atoms with Gasteiger partial charge in [0, 0.05) is 19.6 Å². The molecule has 0 saturated carbocycles. The van der Waals surface area contributed by atoms with E-state index in [2.05, 4.69) is 63.1 Å². The van der Waals surface area contributed by atoms with E-state index in [-0.39, 0.29) is 5.91 Å². The fourth-order valence-corrected chi connectivity index (χ4v) is 4.53. The molecule has 2 aromatic carbocycles. The van der Waals surface area contributed by atoms with Gasteiger partial charge in [0.05, 0.1) is 24.7 Å². The molecule has 2 heterocycles. The van der Waals surface area contributed by atoms with Gasteiger partial charge in [0.2, 0.25) is 11.9 Å². The molecule has 32 heavy (non-hydrogen) atoms. The number of carbonyl (C=O) groups excluding carboxylic acids is 1. The monoisotopic (exact) mass is 451 g/mol. The van der Waals surface area contributed by atoms with Gasteiger partial charge in [-0.1, -0.05) is 54.2 Å². The lowest BCUT2D eigenvalue weighted by molar-refractivity contribution is -0.118. The summed E-state index contributed by atoms with van der Waals surface area (Å²) in [5.74, 6) is 1.09. The van der Waals surface area contributed by atoms with Crippen molar-refractivity contribution in [2.24, 2.45) is 0 Å². The molecule has 4 rings (SSSR count). The molecule has 7 nitrogen and oxygen atoms in total. The van der Waals surface area contributed by atoms with Crippen LogP contribution in [0.25, 0.3) is 5.69 Å². The van der Waals surface area contributed by atoms with Gasteiger partial charge in [-0.05, 0) is 43.0 Å². The quantitative estimate of drug-likeness (QED) is 0.531. The van der Waals surface area contributed by atoms with E-state index in [1.54, 1.807) is 0 Å². The largest absolute Gasteiger partial charge is 0.378 e. The average Bonchev–Trinajstić information content (AvgIpc) is 3.23. The number of amides is 1. The molecule has 0 bridgehead atoms. The highest BCUT2D eigenvalue weighted by Gasteiger charge is 2.23. The van der Waals surface area contributed by atoms with Gasteiger partial charge in [-0.2, -0.15) is 0 Å². The van der Waals surface area contributed by atoms with Gasteiger partial charge < -0.3 is 15.0 Å². The van der Waals surface area contributed by atoms with Gasteiger partial charge in [-0.15, -0.1) is 10.2 Å². The van der Waals surface area contributed by atoms with Gasteiger partial charge >= 0.3 is 0 Å². The Hall–Kier alpha value is -2.84. The predicted octanol–water partition coefficient (Wildman–Crippen LogP) is 3.17. The Morgan fingerprint density at radius 2 is 1.75 bits per heavy atom. The maximum atomic E-state index is 12.5. The van der Waals surface area contributed by atoms with Crippen molar-refractivity contribution in [3.05, 3.63) is 65.2 Å². The Kier molecular flexibility index (Phi) is 7.44. The molecule has 1 aliphatic rings. The summed E-state index contributed by atoms with van der Waals surface area (Å²) in [6.07, 6.45) is 0.823. The van der Waals surface area contributed by atoms with E-state index in [0.29, 0.717) is 25.5 Å². The lowest BCUT2D eigenvalue weighted by Gasteiger charge is -2.28. The minimum atomic E-state index is -0.00385. The molecule has 0 aliphatic carbocycles. The van der Waals surface area contributed by atoms with Gasteiger partial charge in [-0.3, -0.25) is 9.36 Å². The first-order chi connectivity index (χ1) is 15.6. The summed E-state index contributed by atoms with van der Waals surface area (Å²) in [5.41, 5.74) is 4.67. The van der Waals surface area contributed by atoms with Crippen LogP contribution in [0.2, 0.25) is 0 Å². The molecule has 0 spiro atoms. The van der Waals surface area contributed by atoms with Crippen LogP contribution in [0.3, 0.4) is 0 Å². The van der Waals surface area contributed by atoms with Crippen LogP contribution in [0, 0.1) is 13.8 Å². The maximum Gasteiger partial charge on any atom is 0.232 e. The maximum absolute atomic E-state index is 12.5. The number of hydrogen-bond donors (Lipinski definition) is 1. The summed E-state index contributed by atoms with van der Waals surface area (Å²) in [5, 5.41) is 12.7. The van der Waals surface area contributed by atoms with Crippen molar-refractivity contribution in [1.82, 2.24) is 20.1 Å². The number of para-hydroxylation sites is 1. The normalized spacial score (nSPS) is 13.9. The minimum Gasteiger partial charge on any atom is -0.378 e. The summed E-state index contributed by atoms with van der Waals surface area (Å²) >= 11 is 1.41. The number of carbonyl (C=O) groups is 1. The first-order valence-electron chi connectivity index (χ1n) is 10.9. The SMILES string of the molecule is Cc1ccccc1CCNC(=O)CSc1nnc(N2CCOCC2)n1-c1ccccc1C. The van der Waals surface area contributed by atoms with E-state index in [9.17, 15) is 4.79 Å². The number of anilines is 1. The molecule has 1 amide bonds. The van der Waals surface area contributed by atoms with Crippen LogP contribution in [0.15, 0.2) is 53.7 Å². The molecule has 0 unspecified atom stereocenters. The summed E-state index contributed by atoms with van der Waals surface area (Å²) in [7, 11) is 0. The fourth-order valence-electron chi connectivity index (χ4n) is 3.76. The first kappa shape index (κ1) is 22.4. The summed E-state index contributed by atoms with van der Waals surface area (Å²) in [6, 6.07) is 16.4. The van der Waals surface area contributed by atoms with Crippen molar-refractivity contribution in [3.63, 3.8) is 0 Å². The van der Waals surface area contributed by atoms with Gasteiger partial charge in [0.15, 0.2) is 5.16 Å². The number of benzene rings is 2. The van der Waals surface area contributed by atoms with Crippen molar-refractivity contribution in [3.8, 4) is 5.69 Å². The molecule has 1 aromatic heterocycles. The van der Waals surface area contributed by atoms with Crippen molar-refractivity contribution in [2.75, 3.05) is 43.5 Å². The number of nitrogens with zero attached hydrogens (tertiary/aromatic N) is 4. The van der Waals surface area contributed by atoms with E-state index in [1.807, 2.05) is 24.3 Å². The standard InChI is InChI=1S/C24H29N5O2S/c1-18-7-3-5-9-20(18)11-12-25-22(30)17-32-24-27-26-23(28-13-15-31-16-14-28)29(24)21-10-6-4-8-19(21)2/h3-10H,11-17H2,1-2H3,(H,25,30). The van der Waals surface area contributed by atoms with Crippen LogP contribution >= 0.6 is 11.8 Å². The molecule has 168 valence electrons. The highest BCUT2D eigenvalue weighted by Crippen LogP contribution is 2.28. The van der Waals surface area contributed by atoms with E-state index < -0.39 is 0 Å². The molecule has 0 radical (unpaired) electrons. The summed E-state index contributed by atoms with van der Waals surface area (Å²) in [4.78, 5) is 14.7. The number of nitrogens with one attached hydrogen (secondary N) is 1. The Labute approximate surface area is 193 Å². The first-order valence-corrected chi connectivity index (χ1v) is 11.9.